The smallest absolute Gasteiger partial charge is 0.251 e. The van der Waals surface area contributed by atoms with Crippen molar-refractivity contribution in [2.75, 3.05) is 12.3 Å². The molecule has 1 aliphatic heterocycles. The summed E-state index contributed by atoms with van der Waals surface area (Å²) >= 11 is 0. The third kappa shape index (κ3) is 5.05. The third-order valence-corrected chi connectivity index (χ3v) is 6.61. The Kier molecular flexibility index (Phi) is 5.94. The van der Waals surface area contributed by atoms with Crippen molar-refractivity contribution in [3.63, 3.8) is 0 Å². The largest absolute Gasteiger partial charge is 0.332 e. The minimum atomic E-state index is -3.63. The molecular formula is C22H22N4O4S. The van der Waals surface area contributed by atoms with Gasteiger partial charge in [-0.3, -0.25) is 14.6 Å². The van der Waals surface area contributed by atoms with Gasteiger partial charge in [0.1, 0.15) is 11.6 Å². The molecule has 0 radical (unpaired) electrons. The van der Waals surface area contributed by atoms with Crippen molar-refractivity contribution in [1.29, 1.82) is 0 Å². The van der Waals surface area contributed by atoms with Crippen LogP contribution in [-0.2, 0) is 20.4 Å². The normalized spacial score (nSPS) is 16.4. The van der Waals surface area contributed by atoms with Gasteiger partial charge in [-0.15, -0.1) is 0 Å². The summed E-state index contributed by atoms with van der Waals surface area (Å²) in [7, 11) is -3.63. The van der Waals surface area contributed by atoms with E-state index in [0.29, 0.717) is 42.2 Å². The monoisotopic (exact) mass is 438 g/mol. The Morgan fingerprint density at radius 2 is 1.87 bits per heavy atom. The van der Waals surface area contributed by atoms with Crippen molar-refractivity contribution >= 4 is 15.7 Å². The van der Waals surface area contributed by atoms with Crippen molar-refractivity contribution in [1.82, 2.24) is 19.9 Å². The number of hydrogen-bond donors (Lipinski definition) is 1. The van der Waals surface area contributed by atoms with Crippen LogP contribution in [0.5, 0.6) is 0 Å². The Hall–Kier alpha value is -3.33. The fraction of sp³-hybridized carbons (Fsp3) is 0.273. The number of pyridine rings is 1. The Morgan fingerprint density at radius 3 is 2.61 bits per heavy atom. The maximum absolute atomic E-state index is 12.9. The average Bonchev–Trinajstić information content (AvgIpc) is 3.24. The van der Waals surface area contributed by atoms with Crippen LogP contribution in [0.4, 0.5) is 0 Å². The highest BCUT2D eigenvalue weighted by Gasteiger charge is 2.34. The number of carbonyl (C=O) groups is 1. The number of sulfone groups is 1. The van der Waals surface area contributed by atoms with Crippen LogP contribution in [0.15, 0.2) is 65.6 Å². The SMILES string of the molecule is O=C(CS(=O)(=O)Cc1ccccc1)N1CCC[C@H]1c1nc(-c2ccccn2)cc(=O)[nH]1. The van der Waals surface area contributed by atoms with Gasteiger partial charge >= 0.3 is 0 Å². The number of amides is 1. The minimum absolute atomic E-state index is 0.192. The van der Waals surface area contributed by atoms with Gasteiger partial charge < -0.3 is 9.88 Å². The van der Waals surface area contributed by atoms with E-state index in [0.717, 1.165) is 0 Å². The quantitative estimate of drug-likeness (QED) is 0.631. The Morgan fingerprint density at radius 1 is 1.10 bits per heavy atom. The second kappa shape index (κ2) is 8.81. The first-order valence-electron chi connectivity index (χ1n) is 9.98. The predicted molar refractivity (Wildman–Crippen MR) is 116 cm³/mol. The lowest BCUT2D eigenvalue weighted by molar-refractivity contribution is -0.129. The van der Waals surface area contributed by atoms with E-state index < -0.39 is 27.5 Å². The third-order valence-electron chi connectivity index (χ3n) is 5.15. The number of carbonyl (C=O) groups excluding carboxylic acids is 1. The first-order valence-corrected chi connectivity index (χ1v) is 11.8. The second-order valence-corrected chi connectivity index (χ2v) is 9.56. The lowest BCUT2D eigenvalue weighted by Crippen LogP contribution is -2.36. The van der Waals surface area contributed by atoms with Crippen LogP contribution in [0, 0.1) is 0 Å². The Balaban J connectivity index is 1.55. The number of aromatic amines is 1. The van der Waals surface area contributed by atoms with Crippen molar-refractivity contribution in [2.24, 2.45) is 0 Å². The summed E-state index contributed by atoms with van der Waals surface area (Å²) in [5, 5.41) is 0. The summed E-state index contributed by atoms with van der Waals surface area (Å²) < 4.78 is 25.1. The molecular weight excluding hydrogens is 416 g/mol. The van der Waals surface area contributed by atoms with E-state index in [9.17, 15) is 18.0 Å². The number of hydrogen-bond acceptors (Lipinski definition) is 6. The van der Waals surface area contributed by atoms with Gasteiger partial charge in [0, 0.05) is 18.8 Å². The van der Waals surface area contributed by atoms with Crippen LogP contribution < -0.4 is 5.56 Å². The van der Waals surface area contributed by atoms with Gasteiger partial charge in [0.2, 0.25) is 5.91 Å². The zero-order chi connectivity index (χ0) is 21.8. The number of aromatic nitrogens is 3. The van der Waals surface area contributed by atoms with E-state index >= 15 is 0 Å². The van der Waals surface area contributed by atoms with Crippen LogP contribution in [0.1, 0.15) is 30.3 Å². The minimum Gasteiger partial charge on any atom is -0.332 e. The maximum atomic E-state index is 12.9. The molecule has 0 unspecified atom stereocenters. The molecule has 3 aromatic rings. The summed E-state index contributed by atoms with van der Waals surface area (Å²) in [6.45, 7) is 0.419. The highest BCUT2D eigenvalue weighted by atomic mass is 32.2. The molecule has 9 heteroatoms. The van der Waals surface area contributed by atoms with Crippen molar-refractivity contribution in [2.45, 2.75) is 24.6 Å². The first kappa shape index (κ1) is 20.9. The summed E-state index contributed by atoms with van der Waals surface area (Å²) in [5.74, 6) is -0.908. The van der Waals surface area contributed by atoms with Crippen molar-refractivity contribution in [3.8, 4) is 11.4 Å². The molecule has 1 N–H and O–H groups in total. The molecule has 1 saturated heterocycles. The molecule has 0 aliphatic carbocycles. The van der Waals surface area contributed by atoms with E-state index in [1.165, 1.54) is 11.0 Å². The number of likely N-dealkylation sites (tertiary alicyclic amines) is 1. The fourth-order valence-electron chi connectivity index (χ4n) is 3.78. The number of nitrogens with one attached hydrogen (secondary N) is 1. The first-order chi connectivity index (χ1) is 14.9. The molecule has 2 aromatic heterocycles. The number of benzene rings is 1. The van der Waals surface area contributed by atoms with Gasteiger partial charge in [-0.1, -0.05) is 36.4 Å². The van der Waals surface area contributed by atoms with E-state index in [2.05, 4.69) is 15.0 Å². The van der Waals surface area contributed by atoms with Gasteiger partial charge in [0.25, 0.3) is 5.56 Å². The predicted octanol–water partition coefficient (Wildman–Crippen LogP) is 2.11. The standard InChI is InChI=1S/C22H22N4O4S/c27-20-13-18(17-9-4-5-11-23-17)24-22(25-20)19-10-6-12-26(19)21(28)15-31(29,30)14-16-7-2-1-3-8-16/h1-5,7-9,11,13,19H,6,10,12,14-15H2,(H,24,25,27)/t19-/m0/s1. The van der Waals surface area contributed by atoms with Crippen molar-refractivity contribution < 1.29 is 13.2 Å². The molecule has 0 bridgehead atoms. The highest BCUT2D eigenvalue weighted by molar-refractivity contribution is 7.91. The molecule has 1 atom stereocenters. The van der Waals surface area contributed by atoms with E-state index in [4.69, 9.17) is 0 Å². The van der Waals surface area contributed by atoms with Crippen LogP contribution in [-0.4, -0.2) is 46.5 Å². The van der Waals surface area contributed by atoms with Crippen LogP contribution in [0.3, 0.4) is 0 Å². The molecule has 160 valence electrons. The topological polar surface area (TPSA) is 113 Å². The molecule has 0 spiro atoms. The molecule has 1 aromatic carbocycles. The molecule has 1 amide bonds. The van der Waals surface area contributed by atoms with E-state index in [-0.39, 0.29) is 11.3 Å². The average molecular weight is 439 g/mol. The summed E-state index contributed by atoms with van der Waals surface area (Å²) in [5.41, 5.74) is 1.26. The summed E-state index contributed by atoms with van der Waals surface area (Å²) in [4.78, 5) is 38.1. The highest BCUT2D eigenvalue weighted by Crippen LogP contribution is 2.30. The Labute approximate surface area is 179 Å². The summed E-state index contributed by atoms with van der Waals surface area (Å²) in [6, 6.07) is 15.0. The molecule has 1 aliphatic rings. The van der Waals surface area contributed by atoms with Gasteiger partial charge in [-0.25, -0.2) is 13.4 Å². The Bertz CT molecular complexity index is 1230. The number of nitrogens with zero attached hydrogens (tertiary/aromatic N) is 3. The lowest BCUT2D eigenvalue weighted by atomic mass is 10.2. The van der Waals surface area contributed by atoms with Gasteiger partial charge in [0.05, 0.1) is 23.2 Å². The maximum Gasteiger partial charge on any atom is 0.251 e. The second-order valence-electron chi connectivity index (χ2n) is 7.49. The van der Waals surface area contributed by atoms with Crippen molar-refractivity contribution in [3.05, 3.63) is 82.5 Å². The zero-order valence-electron chi connectivity index (χ0n) is 16.8. The number of H-pyrrole nitrogens is 1. The molecule has 4 rings (SSSR count). The van der Waals surface area contributed by atoms with Crippen LogP contribution in [0.25, 0.3) is 11.4 Å². The van der Waals surface area contributed by atoms with Gasteiger partial charge in [-0.05, 0) is 30.5 Å². The van der Waals surface area contributed by atoms with Gasteiger partial charge in [0.15, 0.2) is 9.84 Å². The van der Waals surface area contributed by atoms with Gasteiger partial charge in [-0.2, -0.15) is 0 Å². The molecule has 3 heterocycles. The molecule has 8 nitrogen and oxygen atoms in total. The molecule has 0 saturated carbocycles. The van der Waals surface area contributed by atoms with Crippen LogP contribution >= 0.6 is 0 Å². The summed E-state index contributed by atoms with van der Waals surface area (Å²) in [6.07, 6.45) is 2.91. The molecule has 31 heavy (non-hydrogen) atoms. The van der Waals surface area contributed by atoms with Crippen LogP contribution in [0.2, 0.25) is 0 Å². The molecule has 1 fully saturated rings. The van der Waals surface area contributed by atoms with E-state index in [1.54, 1.807) is 48.7 Å². The number of rotatable bonds is 6. The fourth-order valence-corrected chi connectivity index (χ4v) is 5.12. The van der Waals surface area contributed by atoms with E-state index in [1.807, 2.05) is 6.07 Å². The lowest BCUT2D eigenvalue weighted by Gasteiger charge is -2.24. The zero-order valence-corrected chi connectivity index (χ0v) is 17.6.